The topological polar surface area (TPSA) is 143 Å². The highest BCUT2D eigenvalue weighted by Gasteiger charge is 2.10. The highest BCUT2D eigenvalue weighted by molar-refractivity contribution is 7.18. The lowest BCUT2D eigenvalue weighted by Crippen LogP contribution is -2.25. The fraction of sp³-hybridized carbons (Fsp3) is 0.0588. The number of rotatable bonds is 5. The third-order valence-corrected chi connectivity index (χ3v) is 4.47. The highest BCUT2D eigenvalue weighted by atomic mass is 32.1. The van der Waals surface area contributed by atoms with Gasteiger partial charge in [-0.2, -0.15) is 5.10 Å². The summed E-state index contributed by atoms with van der Waals surface area (Å²) in [5, 5.41) is 35.2. The number of hydrazone groups is 1. The molecule has 0 unspecified atom stereocenters. The lowest BCUT2D eigenvalue weighted by Gasteiger charge is -2.03. The first kappa shape index (κ1) is 18.9. The lowest BCUT2D eigenvalue weighted by molar-refractivity contribution is -0.384. The average Bonchev–Trinajstić information content (AvgIpc) is 3.15. The Labute approximate surface area is 162 Å². The second-order valence-electron chi connectivity index (χ2n) is 5.53. The minimum Gasteiger partial charge on any atom is -0.508 e. The standard InChI is InChI=1S/C17H14N6O4S/c1-10(11-2-6-13(7-3-11)23(26)27)19-21-16(25)18-17-22-20-15(28-17)12-4-8-14(24)9-5-12/h2-9,24H,1H3,(H2,18,21,22,25)/b19-10-. The molecule has 0 spiro atoms. The van der Waals surface area contributed by atoms with Gasteiger partial charge in [0, 0.05) is 17.7 Å². The molecule has 1 aromatic heterocycles. The number of anilines is 1. The van der Waals surface area contributed by atoms with E-state index in [1.165, 1.54) is 35.6 Å². The molecule has 0 bridgehead atoms. The number of hydrogen-bond acceptors (Lipinski definition) is 8. The number of non-ortho nitro benzene ring substituents is 1. The average molecular weight is 398 g/mol. The Bertz CT molecular complexity index is 1030. The number of aromatic nitrogens is 2. The highest BCUT2D eigenvalue weighted by Crippen LogP contribution is 2.27. The number of urea groups is 1. The first-order valence-electron chi connectivity index (χ1n) is 7.91. The predicted molar refractivity (Wildman–Crippen MR) is 104 cm³/mol. The molecule has 3 aromatic rings. The molecule has 0 saturated carbocycles. The van der Waals surface area contributed by atoms with Gasteiger partial charge in [-0.25, -0.2) is 10.2 Å². The van der Waals surface area contributed by atoms with Crippen LogP contribution < -0.4 is 10.7 Å². The fourth-order valence-corrected chi connectivity index (χ4v) is 2.89. The van der Waals surface area contributed by atoms with Crippen molar-refractivity contribution in [1.82, 2.24) is 15.6 Å². The van der Waals surface area contributed by atoms with Gasteiger partial charge in [0.15, 0.2) is 0 Å². The van der Waals surface area contributed by atoms with Crippen LogP contribution in [-0.2, 0) is 0 Å². The summed E-state index contributed by atoms with van der Waals surface area (Å²) in [6.45, 7) is 1.66. The van der Waals surface area contributed by atoms with Gasteiger partial charge in [-0.1, -0.05) is 11.3 Å². The van der Waals surface area contributed by atoms with Gasteiger partial charge in [0.2, 0.25) is 5.13 Å². The minimum absolute atomic E-state index is 0.0250. The van der Waals surface area contributed by atoms with E-state index in [1.54, 1.807) is 31.2 Å². The second kappa shape index (κ2) is 8.22. The summed E-state index contributed by atoms with van der Waals surface area (Å²) in [7, 11) is 0. The van der Waals surface area contributed by atoms with Crippen LogP contribution in [0.2, 0.25) is 0 Å². The number of phenols is 1. The van der Waals surface area contributed by atoms with Crippen LogP contribution in [0.5, 0.6) is 5.75 Å². The molecule has 3 N–H and O–H groups in total. The normalized spacial score (nSPS) is 11.1. The second-order valence-corrected chi connectivity index (χ2v) is 6.50. The summed E-state index contributed by atoms with van der Waals surface area (Å²) >= 11 is 1.17. The molecule has 2 aromatic carbocycles. The number of nitrogens with zero attached hydrogens (tertiary/aromatic N) is 4. The van der Waals surface area contributed by atoms with E-state index in [4.69, 9.17) is 0 Å². The molecular formula is C17H14N6O4S. The molecular weight excluding hydrogens is 384 g/mol. The van der Waals surface area contributed by atoms with Gasteiger partial charge in [0.25, 0.3) is 5.69 Å². The van der Waals surface area contributed by atoms with Crippen LogP contribution in [0, 0.1) is 10.1 Å². The molecule has 0 atom stereocenters. The predicted octanol–water partition coefficient (Wildman–Crippen LogP) is 3.36. The van der Waals surface area contributed by atoms with Crippen molar-refractivity contribution < 1.29 is 14.8 Å². The van der Waals surface area contributed by atoms with Gasteiger partial charge in [0.1, 0.15) is 10.8 Å². The van der Waals surface area contributed by atoms with Crippen molar-refractivity contribution in [3.05, 3.63) is 64.2 Å². The molecule has 0 fully saturated rings. The summed E-state index contributed by atoms with van der Waals surface area (Å²) in [6, 6.07) is 11.7. The van der Waals surface area contributed by atoms with E-state index >= 15 is 0 Å². The van der Waals surface area contributed by atoms with Crippen molar-refractivity contribution in [3.63, 3.8) is 0 Å². The number of amides is 2. The zero-order valence-corrected chi connectivity index (χ0v) is 15.3. The van der Waals surface area contributed by atoms with Crippen LogP contribution >= 0.6 is 11.3 Å². The Morgan fingerprint density at radius 1 is 1.14 bits per heavy atom. The summed E-state index contributed by atoms with van der Waals surface area (Å²) in [6.07, 6.45) is 0. The van der Waals surface area contributed by atoms with Crippen molar-refractivity contribution in [2.24, 2.45) is 5.10 Å². The molecule has 0 aliphatic carbocycles. The van der Waals surface area contributed by atoms with Gasteiger partial charge in [-0.3, -0.25) is 15.4 Å². The third-order valence-electron chi connectivity index (χ3n) is 3.58. The first-order chi connectivity index (χ1) is 13.4. The number of nitrogens with one attached hydrogen (secondary N) is 2. The van der Waals surface area contributed by atoms with Crippen LogP contribution in [0.15, 0.2) is 53.6 Å². The maximum Gasteiger partial charge on any atom is 0.341 e. The summed E-state index contributed by atoms with van der Waals surface area (Å²) in [5.74, 6) is 0.146. The first-order valence-corrected chi connectivity index (χ1v) is 8.73. The van der Waals surface area contributed by atoms with Crippen LogP contribution in [0.3, 0.4) is 0 Å². The summed E-state index contributed by atoms with van der Waals surface area (Å²) in [4.78, 5) is 22.1. The van der Waals surface area contributed by atoms with Crippen molar-refractivity contribution in [2.45, 2.75) is 6.92 Å². The number of nitro groups is 1. The van der Waals surface area contributed by atoms with Gasteiger partial charge in [-0.15, -0.1) is 10.2 Å². The Kier molecular flexibility index (Phi) is 5.56. The number of aromatic hydroxyl groups is 1. The molecule has 0 radical (unpaired) electrons. The van der Waals surface area contributed by atoms with E-state index in [0.717, 1.165) is 5.56 Å². The summed E-state index contributed by atoms with van der Waals surface area (Å²) in [5.41, 5.74) is 4.18. The Morgan fingerprint density at radius 3 is 2.46 bits per heavy atom. The monoisotopic (exact) mass is 398 g/mol. The number of benzene rings is 2. The smallest absolute Gasteiger partial charge is 0.341 e. The Hall–Kier alpha value is -3.86. The van der Waals surface area contributed by atoms with Gasteiger partial charge in [0.05, 0.1) is 10.6 Å². The SMILES string of the molecule is C/C(=N/NC(=O)Nc1nnc(-c2ccc(O)cc2)s1)c1ccc([N+](=O)[O-])cc1. The molecule has 28 heavy (non-hydrogen) atoms. The molecule has 142 valence electrons. The van der Waals surface area contributed by atoms with E-state index in [9.17, 15) is 20.0 Å². The Morgan fingerprint density at radius 2 is 1.82 bits per heavy atom. The van der Waals surface area contributed by atoms with Crippen molar-refractivity contribution in [2.75, 3.05) is 5.32 Å². The maximum atomic E-state index is 12.0. The number of hydrogen-bond donors (Lipinski definition) is 3. The quantitative estimate of drug-likeness (QED) is 0.342. The van der Waals surface area contributed by atoms with Crippen LogP contribution in [-0.4, -0.2) is 32.0 Å². The van der Waals surface area contributed by atoms with E-state index in [0.29, 0.717) is 16.3 Å². The van der Waals surface area contributed by atoms with E-state index in [-0.39, 0.29) is 16.6 Å². The van der Waals surface area contributed by atoms with E-state index < -0.39 is 11.0 Å². The molecule has 10 nitrogen and oxygen atoms in total. The minimum atomic E-state index is -0.602. The van der Waals surface area contributed by atoms with E-state index in [1.807, 2.05) is 0 Å². The molecule has 11 heteroatoms. The van der Waals surface area contributed by atoms with Crippen LogP contribution in [0.25, 0.3) is 10.6 Å². The van der Waals surface area contributed by atoms with Crippen LogP contribution in [0.1, 0.15) is 12.5 Å². The third kappa shape index (κ3) is 4.65. The molecule has 0 saturated heterocycles. The van der Waals surface area contributed by atoms with Gasteiger partial charge >= 0.3 is 6.03 Å². The number of nitro benzene ring substituents is 1. The van der Waals surface area contributed by atoms with Crippen molar-refractivity contribution >= 4 is 33.9 Å². The molecule has 2 amide bonds. The van der Waals surface area contributed by atoms with Crippen molar-refractivity contribution in [1.29, 1.82) is 0 Å². The number of carbonyl (C=O) groups excluding carboxylic acids is 1. The number of phenolic OH excluding ortho intramolecular Hbond substituents is 1. The Balaban J connectivity index is 1.60. The lowest BCUT2D eigenvalue weighted by atomic mass is 10.1. The largest absolute Gasteiger partial charge is 0.508 e. The molecule has 0 aliphatic rings. The molecule has 0 aliphatic heterocycles. The summed E-state index contributed by atoms with van der Waals surface area (Å²) < 4.78 is 0. The zero-order chi connectivity index (χ0) is 20.1. The molecule has 3 rings (SSSR count). The number of carbonyl (C=O) groups is 1. The zero-order valence-electron chi connectivity index (χ0n) is 14.5. The van der Waals surface area contributed by atoms with Crippen LogP contribution in [0.4, 0.5) is 15.6 Å². The maximum absolute atomic E-state index is 12.0. The molecule has 1 heterocycles. The van der Waals surface area contributed by atoms with Gasteiger partial charge < -0.3 is 5.11 Å². The van der Waals surface area contributed by atoms with E-state index in [2.05, 4.69) is 26.0 Å². The fourth-order valence-electron chi connectivity index (χ4n) is 2.14. The van der Waals surface area contributed by atoms with Crippen molar-refractivity contribution in [3.8, 4) is 16.3 Å². The van der Waals surface area contributed by atoms with Gasteiger partial charge in [-0.05, 0) is 48.9 Å².